The number of nitrogen functional groups attached to an aromatic ring is 1. The molecule has 0 saturated heterocycles. The van der Waals surface area contributed by atoms with Crippen molar-refractivity contribution in [3.8, 4) is 0 Å². The van der Waals surface area contributed by atoms with Crippen molar-refractivity contribution in [1.82, 2.24) is 9.97 Å². The van der Waals surface area contributed by atoms with Crippen LogP contribution in [0.1, 0.15) is 12.0 Å². The van der Waals surface area contributed by atoms with E-state index in [0.29, 0.717) is 19.0 Å². The first kappa shape index (κ1) is 14.9. The molecule has 0 bridgehead atoms. The highest BCUT2D eigenvalue weighted by atomic mass is 19.1. The fraction of sp³-hybridized carbons (Fsp3) is 0.200. The molecule has 2 N–H and O–H groups in total. The van der Waals surface area contributed by atoms with Crippen LogP contribution in [0.15, 0.2) is 36.5 Å². The van der Waals surface area contributed by atoms with Crippen molar-refractivity contribution in [1.29, 1.82) is 0 Å². The van der Waals surface area contributed by atoms with Crippen LogP contribution in [0, 0.1) is 15.9 Å². The van der Waals surface area contributed by atoms with Crippen LogP contribution >= 0.6 is 0 Å². The molecule has 0 atom stereocenters. The molecule has 3 rings (SSSR count). The van der Waals surface area contributed by atoms with Crippen molar-refractivity contribution in [2.24, 2.45) is 0 Å². The molecule has 0 fully saturated rings. The zero-order valence-corrected chi connectivity index (χ0v) is 12.1. The Labute approximate surface area is 131 Å². The molecule has 0 radical (unpaired) electrons. The highest BCUT2D eigenvalue weighted by molar-refractivity contribution is 5.68. The standard InChI is InChI=1S/C15H14FN5O2/c16-12-3-1-10(2-4-12)11-5-7-20(8-6-11)15-18-9-13(21(22)23)14(17)19-15/h1-5,9H,6-8H2,(H2,17,18,19). The summed E-state index contributed by atoms with van der Waals surface area (Å²) in [6.07, 6.45) is 3.88. The van der Waals surface area contributed by atoms with Gasteiger partial charge in [-0.3, -0.25) is 10.1 Å². The summed E-state index contributed by atoms with van der Waals surface area (Å²) in [7, 11) is 0. The zero-order chi connectivity index (χ0) is 16.4. The minimum Gasteiger partial charge on any atom is -0.378 e. The summed E-state index contributed by atoms with van der Waals surface area (Å²) in [5.41, 5.74) is 7.40. The summed E-state index contributed by atoms with van der Waals surface area (Å²) in [5, 5.41) is 10.7. The number of anilines is 2. The number of benzene rings is 1. The van der Waals surface area contributed by atoms with Gasteiger partial charge in [0.2, 0.25) is 11.8 Å². The molecule has 2 heterocycles. The minimum atomic E-state index is -0.609. The Balaban J connectivity index is 1.77. The molecule has 1 aliphatic heterocycles. The van der Waals surface area contributed by atoms with E-state index in [1.165, 1.54) is 12.1 Å². The van der Waals surface area contributed by atoms with E-state index in [9.17, 15) is 14.5 Å². The second kappa shape index (κ2) is 5.99. The van der Waals surface area contributed by atoms with E-state index in [-0.39, 0.29) is 17.3 Å². The van der Waals surface area contributed by atoms with Crippen molar-refractivity contribution < 1.29 is 9.31 Å². The number of hydrogen-bond acceptors (Lipinski definition) is 6. The van der Waals surface area contributed by atoms with Gasteiger partial charge in [-0.2, -0.15) is 4.98 Å². The Hall–Kier alpha value is -3.03. The molecule has 23 heavy (non-hydrogen) atoms. The summed E-state index contributed by atoms with van der Waals surface area (Å²) in [4.78, 5) is 20.0. The van der Waals surface area contributed by atoms with Crippen LogP contribution in [-0.4, -0.2) is 28.0 Å². The highest BCUT2D eigenvalue weighted by Crippen LogP contribution is 2.26. The largest absolute Gasteiger partial charge is 0.378 e. The van der Waals surface area contributed by atoms with Gasteiger partial charge >= 0.3 is 5.69 Å². The minimum absolute atomic E-state index is 0.145. The predicted molar refractivity (Wildman–Crippen MR) is 84.3 cm³/mol. The average molecular weight is 315 g/mol. The Morgan fingerprint density at radius 1 is 1.30 bits per heavy atom. The lowest BCUT2D eigenvalue weighted by Crippen LogP contribution is -2.30. The van der Waals surface area contributed by atoms with Gasteiger partial charge in [0.05, 0.1) is 4.92 Å². The molecule has 1 aromatic carbocycles. The molecule has 8 heteroatoms. The van der Waals surface area contributed by atoms with Crippen LogP contribution in [0.3, 0.4) is 0 Å². The summed E-state index contributed by atoms with van der Waals surface area (Å²) in [5.74, 6) is -0.0441. The number of aromatic nitrogens is 2. The van der Waals surface area contributed by atoms with Gasteiger partial charge in [-0.15, -0.1) is 0 Å². The smallest absolute Gasteiger partial charge is 0.329 e. The number of halogens is 1. The zero-order valence-electron chi connectivity index (χ0n) is 12.1. The van der Waals surface area contributed by atoms with Crippen molar-refractivity contribution >= 4 is 23.0 Å². The van der Waals surface area contributed by atoms with Gasteiger partial charge in [0.25, 0.3) is 0 Å². The van der Waals surface area contributed by atoms with E-state index in [0.717, 1.165) is 23.8 Å². The van der Waals surface area contributed by atoms with Crippen molar-refractivity contribution in [3.63, 3.8) is 0 Å². The van der Waals surface area contributed by atoms with Gasteiger partial charge in [0.15, 0.2) is 0 Å². The summed E-state index contributed by atoms with van der Waals surface area (Å²) in [6, 6.07) is 6.36. The Morgan fingerprint density at radius 3 is 2.61 bits per heavy atom. The van der Waals surface area contributed by atoms with Crippen LogP contribution in [0.5, 0.6) is 0 Å². The summed E-state index contributed by atoms with van der Waals surface area (Å²) >= 11 is 0. The maximum Gasteiger partial charge on any atom is 0.329 e. The highest BCUT2D eigenvalue weighted by Gasteiger charge is 2.19. The maximum absolute atomic E-state index is 13.0. The first-order chi connectivity index (χ1) is 11.0. The molecule has 0 amide bonds. The topological polar surface area (TPSA) is 98.2 Å². The summed E-state index contributed by atoms with van der Waals surface area (Å²) in [6.45, 7) is 1.21. The van der Waals surface area contributed by atoms with Crippen LogP contribution in [0.25, 0.3) is 5.57 Å². The van der Waals surface area contributed by atoms with Crippen LogP contribution in [-0.2, 0) is 0 Å². The normalized spacial score (nSPS) is 14.5. The predicted octanol–water partition coefficient (Wildman–Crippen LogP) is 2.40. The van der Waals surface area contributed by atoms with Crippen LogP contribution in [0.4, 0.5) is 21.8 Å². The maximum atomic E-state index is 13.0. The van der Waals surface area contributed by atoms with Gasteiger partial charge < -0.3 is 10.6 Å². The second-order valence-corrected chi connectivity index (χ2v) is 5.13. The fourth-order valence-corrected chi connectivity index (χ4v) is 2.45. The molecule has 7 nitrogen and oxygen atoms in total. The van der Waals surface area contributed by atoms with Gasteiger partial charge in [-0.25, -0.2) is 9.37 Å². The van der Waals surface area contributed by atoms with Gasteiger partial charge in [0, 0.05) is 13.1 Å². The Morgan fingerprint density at radius 2 is 2.04 bits per heavy atom. The van der Waals surface area contributed by atoms with Gasteiger partial charge in [-0.1, -0.05) is 18.2 Å². The first-order valence-corrected chi connectivity index (χ1v) is 7.01. The fourth-order valence-electron chi connectivity index (χ4n) is 2.45. The lowest BCUT2D eigenvalue weighted by atomic mass is 10.00. The van der Waals surface area contributed by atoms with E-state index in [4.69, 9.17) is 5.73 Å². The number of rotatable bonds is 3. The third-order valence-electron chi connectivity index (χ3n) is 3.69. The lowest BCUT2D eigenvalue weighted by molar-refractivity contribution is -0.384. The molecule has 1 aliphatic rings. The molecule has 1 aromatic heterocycles. The SMILES string of the molecule is Nc1nc(N2CC=C(c3ccc(F)cc3)CC2)ncc1[N+](=O)[O-]. The number of nitro groups is 1. The molecule has 0 spiro atoms. The Bertz CT molecular complexity index is 776. The van der Waals surface area contributed by atoms with Gasteiger partial charge in [-0.05, 0) is 29.7 Å². The lowest BCUT2D eigenvalue weighted by Gasteiger charge is -2.26. The molecule has 0 saturated carbocycles. The molecule has 0 aliphatic carbocycles. The van der Waals surface area contributed by atoms with E-state index >= 15 is 0 Å². The van der Waals surface area contributed by atoms with Crippen LogP contribution < -0.4 is 10.6 Å². The van der Waals surface area contributed by atoms with E-state index in [2.05, 4.69) is 9.97 Å². The van der Waals surface area contributed by atoms with Crippen molar-refractivity contribution in [2.75, 3.05) is 23.7 Å². The van der Waals surface area contributed by atoms with Crippen molar-refractivity contribution in [2.45, 2.75) is 6.42 Å². The van der Waals surface area contributed by atoms with E-state index < -0.39 is 4.92 Å². The molecule has 2 aromatic rings. The monoisotopic (exact) mass is 315 g/mol. The van der Waals surface area contributed by atoms with E-state index in [1.54, 1.807) is 12.1 Å². The number of nitrogens with two attached hydrogens (primary N) is 1. The first-order valence-electron chi connectivity index (χ1n) is 7.01. The molecular weight excluding hydrogens is 301 g/mol. The molecule has 0 unspecified atom stereocenters. The van der Waals surface area contributed by atoms with Crippen LogP contribution in [0.2, 0.25) is 0 Å². The third-order valence-corrected chi connectivity index (χ3v) is 3.69. The average Bonchev–Trinajstić information content (AvgIpc) is 2.55. The van der Waals surface area contributed by atoms with Gasteiger partial charge in [0.1, 0.15) is 12.0 Å². The van der Waals surface area contributed by atoms with Crippen molar-refractivity contribution in [3.05, 3.63) is 58.0 Å². The quantitative estimate of drug-likeness (QED) is 0.690. The summed E-state index contributed by atoms with van der Waals surface area (Å²) < 4.78 is 13.0. The number of nitrogens with zero attached hydrogens (tertiary/aromatic N) is 4. The van der Waals surface area contributed by atoms with E-state index in [1.807, 2.05) is 11.0 Å². The second-order valence-electron chi connectivity index (χ2n) is 5.13. The molecular formula is C15H14FN5O2. The third kappa shape index (κ3) is 3.10. The molecule has 118 valence electrons. The Kier molecular flexibility index (Phi) is 3.88. The number of hydrogen-bond donors (Lipinski definition) is 1.